The van der Waals surface area contributed by atoms with Crippen LogP contribution in [0.5, 0.6) is 0 Å². The fourth-order valence-corrected chi connectivity index (χ4v) is 2.69. The van der Waals surface area contributed by atoms with Gasteiger partial charge in [-0.1, -0.05) is 19.8 Å². The zero-order valence-corrected chi connectivity index (χ0v) is 13.5. The minimum Gasteiger partial charge on any atom is -0.400 e. The molecule has 112 valence electrons. The van der Waals surface area contributed by atoms with E-state index in [0.29, 0.717) is 0 Å². The van der Waals surface area contributed by atoms with Gasteiger partial charge in [0.2, 0.25) is 0 Å². The molecule has 2 fully saturated rings. The second-order valence-corrected chi connectivity index (χ2v) is 7.15. The summed E-state index contributed by atoms with van der Waals surface area (Å²) < 4.78 is 26.2. The molecule has 4 heteroatoms. The summed E-state index contributed by atoms with van der Waals surface area (Å²) >= 11 is 0. The van der Waals surface area contributed by atoms with Crippen LogP contribution in [0.25, 0.3) is 0 Å². The maximum atomic E-state index is 14.2. The summed E-state index contributed by atoms with van der Waals surface area (Å²) in [6.07, 6.45) is 2.76. The zero-order chi connectivity index (χ0) is 15.1. The van der Waals surface area contributed by atoms with Gasteiger partial charge in [-0.2, -0.15) is 0 Å². The number of rotatable bonds is 2. The highest BCUT2D eigenvalue weighted by molar-refractivity contribution is 6.52. The van der Waals surface area contributed by atoms with E-state index in [2.05, 4.69) is 0 Å². The van der Waals surface area contributed by atoms with E-state index in [0.717, 1.165) is 30.4 Å². The summed E-state index contributed by atoms with van der Waals surface area (Å²) in [5.74, 6) is 1.94. The predicted molar refractivity (Wildman–Crippen MR) is 81.0 cm³/mol. The summed E-state index contributed by atoms with van der Waals surface area (Å²) in [7, 11) is -0.372. The number of halogens is 1. The molecular weight excluding hydrogens is 254 g/mol. The van der Waals surface area contributed by atoms with E-state index in [1.165, 1.54) is 0 Å². The molecular formula is C16H26BFO2. The van der Waals surface area contributed by atoms with Crippen molar-refractivity contribution in [1.82, 2.24) is 0 Å². The summed E-state index contributed by atoms with van der Waals surface area (Å²) in [4.78, 5) is 0. The Bertz CT molecular complexity index is 433. The van der Waals surface area contributed by atoms with Crippen molar-refractivity contribution in [2.75, 3.05) is 0 Å². The van der Waals surface area contributed by atoms with Crippen LogP contribution in [0.3, 0.4) is 0 Å². The van der Waals surface area contributed by atoms with Gasteiger partial charge in [-0.05, 0) is 58.1 Å². The second kappa shape index (κ2) is 5.30. The topological polar surface area (TPSA) is 18.5 Å². The van der Waals surface area contributed by atoms with Gasteiger partial charge in [-0.3, -0.25) is 0 Å². The van der Waals surface area contributed by atoms with Crippen LogP contribution >= 0.6 is 0 Å². The molecule has 0 aromatic heterocycles. The molecule has 0 amide bonds. The molecule has 1 saturated heterocycles. The third kappa shape index (κ3) is 2.87. The molecule has 1 saturated carbocycles. The summed E-state index contributed by atoms with van der Waals surface area (Å²) in [6.45, 7) is 11.9. The molecule has 1 heterocycles. The first-order chi connectivity index (χ1) is 9.14. The molecule has 0 unspecified atom stereocenters. The van der Waals surface area contributed by atoms with Gasteiger partial charge < -0.3 is 9.31 Å². The van der Waals surface area contributed by atoms with Crippen molar-refractivity contribution in [1.29, 1.82) is 0 Å². The van der Waals surface area contributed by atoms with E-state index in [4.69, 9.17) is 9.31 Å². The average Bonchev–Trinajstić information content (AvgIpc) is 2.81. The van der Waals surface area contributed by atoms with Gasteiger partial charge in [0.15, 0.2) is 0 Å². The van der Waals surface area contributed by atoms with E-state index in [1.807, 2.05) is 47.5 Å². The predicted octanol–water partition coefficient (Wildman–Crippen LogP) is 4.61. The molecule has 0 spiro atoms. The van der Waals surface area contributed by atoms with Crippen LogP contribution in [-0.4, -0.2) is 18.3 Å². The van der Waals surface area contributed by atoms with Crippen molar-refractivity contribution < 1.29 is 13.7 Å². The van der Waals surface area contributed by atoms with Crippen LogP contribution in [-0.2, 0) is 9.31 Å². The molecule has 0 N–H and O–H groups in total. The van der Waals surface area contributed by atoms with Crippen molar-refractivity contribution in [3.05, 3.63) is 22.9 Å². The fourth-order valence-electron chi connectivity index (χ4n) is 2.69. The Morgan fingerprint density at radius 3 is 2.20 bits per heavy atom. The highest BCUT2D eigenvalue weighted by Crippen LogP contribution is 2.40. The summed E-state index contributed by atoms with van der Waals surface area (Å²) in [5.41, 5.74) is 1.26. The Hall–Kier alpha value is -0.605. The molecule has 2 aliphatic rings. The molecule has 0 bridgehead atoms. The van der Waals surface area contributed by atoms with Gasteiger partial charge in [0.05, 0.1) is 11.2 Å². The fraction of sp³-hybridized carbons (Fsp3) is 0.750. The summed E-state index contributed by atoms with van der Waals surface area (Å²) in [5, 5.41) is 0. The average molecular weight is 280 g/mol. The Morgan fingerprint density at radius 2 is 1.70 bits per heavy atom. The van der Waals surface area contributed by atoms with Gasteiger partial charge in [0.25, 0.3) is 0 Å². The molecule has 0 radical (unpaired) electrons. The third-order valence-corrected chi connectivity index (χ3v) is 4.66. The minimum atomic E-state index is -0.372. The van der Waals surface area contributed by atoms with Crippen LogP contribution in [0.2, 0.25) is 0 Å². The lowest BCUT2D eigenvalue weighted by atomic mass is 9.85. The SMILES string of the molecule is CC(C)C(F)=C1CCCC1=CB1OC(C)(C)C(C)(C)O1. The molecule has 1 aliphatic heterocycles. The molecule has 2 rings (SSSR count). The van der Waals surface area contributed by atoms with E-state index < -0.39 is 0 Å². The van der Waals surface area contributed by atoms with E-state index >= 15 is 0 Å². The quantitative estimate of drug-likeness (QED) is 0.688. The monoisotopic (exact) mass is 280 g/mol. The van der Waals surface area contributed by atoms with Crippen molar-refractivity contribution in [3.63, 3.8) is 0 Å². The molecule has 2 nitrogen and oxygen atoms in total. The Morgan fingerprint density at radius 1 is 1.15 bits per heavy atom. The Labute approximate surface area is 122 Å². The number of allylic oxidation sites excluding steroid dienone is 3. The molecule has 0 aromatic rings. The first-order valence-corrected chi connectivity index (χ1v) is 7.59. The smallest absolute Gasteiger partial charge is 0.400 e. The largest absolute Gasteiger partial charge is 0.487 e. The van der Waals surface area contributed by atoms with Gasteiger partial charge in [0, 0.05) is 5.92 Å². The lowest BCUT2D eigenvalue weighted by Gasteiger charge is -2.32. The van der Waals surface area contributed by atoms with E-state index in [-0.39, 0.29) is 30.1 Å². The summed E-state index contributed by atoms with van der Waals surface area (Å²) in [6, 6.07) is 0. The molecule has 20 heavy (non-hydrogen) atoms. The van der Waals surface area contributed by atoms with Gasteiger partial charge in [0.1, 0.15) is 5.83 Å². The van der Waals surface area contributed by atoms with Crippen molar-refractivity contribution in [2.24, 2.45) is 5.92 Å². The normalized spacial score (nSPS) is 29.6. The first kappa shape index (κ1) is 15.8. The van der Waals surface area contributed by atoms with Gasteiger partial charge >= 0.3 is 7.12 Å². The van der Waals surface area contributed by atoms with E-state index in [9.17, 15) is 4.39 Å². The van der Waals surface area contributed by atoms with Gasteiger partial charge in [-0.15, -0.1) is 0 Å². The van der Waals surface area contributed by atoms with Crippen LogP contribution in [0.15, 0.2) is 22.9 Å². The van der Waals surface area contributed by atoms with E-state index in [1.54, 1.807) is 0 Å². The van der Waals surface area contributed by atoms with Crippen LogP contribution in [0, 0.1) is 5.92 Å². The zero-order valence-electron chi connectivity index (χ0n) is 13.5. The maximum absolute atomic E-state index is 14.2. The van der Waals surface area contributed by atoms with Crippen LogP contribution in [0.4, 0.5) is 4.39 Å². The number of hydrogen-bond acceptors (Lipinski definition) is 2. The molecule has 0 aromatic carbocycles. The van der Waals surface area contributed by atoms with Crippen molar-refractivity contribution in [2.45, 2.75) is 72.0 Å². The second-order valence-electron chi connectivity index (χ2n) is 7.15. The minimum absolute atomic E-state index is 0.0188. The third-order valence-electron chi connectivity index (χ3n) is 4.66. The lowest BCUT2D eigenvalue weighted by molar-refractivity contribution is 0.00578. The molecule has 1 aliphatic carbocycles. The Balaban J connectivity index is 2.22. The standard InChI is InChI=1S/C16H26BFO2/c1-11(2)14(18)13-9-7-8-12(13)10-17-19-15(3,4)16(5,6)20-17/h10-11H,7-9H2,1-6H3. The highest BCUT2D eigenvalue weighted by Gasteiger charge is 2.50. The van der Waals surface area contributed by atoms with Crippen molar-refractivity contribution >= 4 is 7.12 Å². The highest BCUT2D eigenvalue weighted by atomic mass is 19.1. The van der Waals surface area contributed by atoms with Gasteiger partial charge in [-0.25, -0.2) is 4.39 Å². The number of hydrogen-bond donors (Lipinski definition) is 0. The first-order valence-electron chi connectivity index (χ1n) is 7.59. The van der Waals surface area contributed by atoms with Crippen LogP contribution in [0.1, 0.15) is 60.8 Å². The molecule has 0 atom stereocenters. The lowest BCUT2D eigenvalue weighted by Crippen LogP contribution is -2.41. The Kier molecular flexibility index (Phi) is 4.18. The van der Waals surface area contributed by atoms with Crippen molar-refractivity contribution in [3.8, 4) is 0 Å². The maximum Gasteiger partial charge on any atom is 0.487 e. The van der Waals surface area contributed by atoms with Crippen LogP contribution < -0.4 is 0 Å².